The van der Waals surface area contributed by atoms with Crippen LogP contribution in [0.5, 0.6) is 0 Å². The van der Waals surface area contributed by atoms with Crippen molar-refractivity contribution >= 4 is 0 Å². The fourth-order valence-corrected chi connectivity index (χ4v) is 0.980. The lowest BCUT2D eigenvalue weighted by atomic mass is 10.0. The second-order valence-corrected chi connectivity index (χ2v) is 4.07. The molecule has 0 aromatic carbocycles. The van der Waals surface area contributed by atoms with Crippen LogP contribution in [0.4, 0.5) is 0 Å². The predicted molar refractivity (Wildman–Crippen MR) is 72.9 cm³/mol. The molecule has 2 aromatic rings. The van der Waals surface area contributed by atoms with E-state index in [-0.39, 0.29) is 5.56 Å². The molecule has 6 heteroatoms. The molecule has 0 radical (unpaired) electrons. The molecule has 6 nitrogen and oxygen atoms in total. The van der Waals surface area contributed by atoms with Crippen molar-refractivity contribution in [1.82, 2.24) is 19.9 Å². The van der Waals surface area contributed by atoms with Gasteiger partial charge in [0.05, 0.1) is 0 Å². The Morgan fingerprint density at radius 2 is 1.63 bits per heavy atom. The second kappa shape index (κ2) is 8.79. The molecule has 1 aliphatic rings. The third kappa shape index (κ3) is 6.92. The topological polar surface area (TPSA) is 91.5 Å². The van der Waals surface area contributed by atoms with Gasteiger partial charge in [-0.2, -0.15) is 0 Å². The number of nitrogens with one attached hydrogen (secondary N) is 2. The fourth-order valence-electron chi connectivity index (χ4n) is 0.980. The molecule has 0 amide bonds. The predicted octanol–water partition coefficient (Wildman–Crippen LogP) is 1.41. The first-order valence-electron chi connectivity index (χ1n) is 6.19. The Kier molecular flexibility index (Phi) is 6.86. The maximum Gasteiger partial charge on any atom is 0.325 e. The lowest BCUT2D eigenvalue weighted by Gasteiger charge is -2.05. The Balaban J connectivity index is 0.000000155. The largest absolute Gasteiger partial charge is 0.325 e. The van der Waals surface area contributed by atoms with Crippen LogP contribution in [-0.2, 0) is 0 Å². The molecule has 3 rings (SSSR count). The van der Waals surface area contributed by atoms with Crippen LogP contribution in [0, 0.1) is 6.92 Å². The van der Waals surface area contributed by atoms with E-state index in [9.17, 15) is 9.59 Å². The van der Waals surface area contributed by atoms with E-state index in [0.29, 0.717) is 5.56 Å². The van der Waals surface area contributed by atoms with Gasteiger partial charge in [-0.3, -0.25) is 9.78 Å². The molecule has 0 saturated heterocycles. The highest BCUT2D eigenvalue weighted by molar-refractivity contribution is 4.98. The molecule has 102 valence electrons. The van der Waals surface area contributed by atoms with Crippen molar-refractivity contribution in [3.8, 4) is 0 Å². The van der Waals surface area contributed by atoms with Crippen molar-refractivity contribution in [1.29, 1.82) is 0 Å². The molecule has 1 aliphatic carbocycles. The van der Waals surface area contributed by atoms with Gasteiger partial charge in [0.2, 0.25) is 0 Å². The average molecular weight is 262 g/mol. The quantitative estimate of drug-likeness (QED) is 0.751. The molecule has 0 bridgehead atoms. The van der Waals surface area contributed by atoms with E-state index < -0.39 is 5.69 Å². The normalized spacial score (nSPS) is 12.1. The monoisotopic (exact) mass is 262 g/mol. The summed E-state index contributed by atoms with van der Waals surface area (Å²) in [7, 11) is 0. The second-order valence-electron chi connectivity index (χ2n) is 4.07. The van der Waals surface area contributed by atoms with Crippen LogP contribution in [0.25, 0.3) is 0 Å². The number of rotatable bonds is 0. The first-order chi connectivity index (χ1) is 9.20. The van der Waals surface area contributed by atoms with Gasteiger partial charge < -0.3 is 4.98 Å². The van der Waals surface area contributed by atoms with E-state index >= 15 is 0 Å². The minimum atomic E-state index is -0.467. The molecular weight excluding hydrogens is 244 g/mol. The van der Waals surface area contributed by atoms with Crippen LogP contribution < -0.4 is 11.2 Å². The van der Waals surface area contributed by atoms with Gasteiger partial charge in [0.25, 0.3) is 5.56 Å². The summed E-state index contributed by atoms with van der Waals surface area (Å²) in [6.07, 6.45) is 12.3. The van der Waals surface area contributed by atoms with Crippen molar-refractivity contribution < 1.29 is 0 Å². The number of H-pyrrole nitrogens is 2. The third-order valence-electron chi connectivity index (χ3n) is 2.48. The van der Waals surface area contributed by atoms with E-state index in [1.54, 1.807) is 25.4 Å². The zero-order valence-electron chi connectivity index (χ0n) is 10.9. The Morgan fingerprint density at radius 1 is 1.05 bits per heavy atom. The van der Waals surface area contributed by atoms with Crippen LogP contribution in [0.3, 0.4) is 0 Å². The summed E-state index contributed by atoms with van der Waals surface area (Å²) in [6, 6.07) is 1.78. The standard InChI is InChI=1S/C5H6N2O2.C4H4N2.C4H8/c1-3-2-6-5(9)7-4(3)8;1-2-5-4-6-3-1;1-2-4-3-1/h2H,1H3,(H2,6,7,8,9);1-4H;1-4H2. The fraction of sp³-hybridized carbons (Fsp3) is 0.385. The Labute approximate surface area is 111 Å². The van der Waals surface area contributed by atoms with Crippen LogP contribution in [0.2, 0.25) is 0 Å². The van der Waals surface area contributed by atoms with Crippen LogP contribution >= 0.6 is 0 Å². The van der Waals surface area contributed by atoms with Gasteiger partial charge in [0.1, 0.15) is 6.33 Å². The van der Waals surface area contributed by atoms with E-state index in [4.69, 9.17) is 0 Å². The molecule has 19 heavy (non-hydrogen) atoms. The molecule has 2 heterocycles. The third-order valence-corrected chi connectivity index (χ3v) is 2.48. The first kappa shape index (κ1) is 14.8. The molecule has 0 spiro atoms. The first-order valence-corrected chi connectivity index (χ1v) is 6.19. The van der Waals surface area contributed by atoms with E-state index in [0.717, 1.165) is 0 Å². The van der Waals surface area contributed by atoms with Gasteiger partial charge in [-0.15, -0.1) is 0 Å². The van der Waals surface area contributed by atoms with Crippen LogP contribution in [0.1, 0.15) is 31.2 Å². The van der Waals surface area contributed by atoms with Crippen molar-refractivity contribution in [2.45, 2.75) is 32.6 Å². The Hall–Kier alpha value is -2.24. The molecule has 2 N–H and O–H groups in total. The molecule has 1 fully saturated rings. The summed E-state index contributed by atoms with van der Waals surface area (Å²) in [4.78, 5) is 32.6. The zero-order valence-corrected chi connectivity index (χ0v) is 10.9. The van der Waals surface area contributed by atoms with E-state index in [2.05, 4.69) is 19.9 Å². The summed E-state index contributed by atoms with van der Waals surface area (Å²) in [5.41, 5.74) is -0.293. The minimum absolute atomic E-state index is 0.334. The molecular formula is C13H18N4O2. The number of aromatic nitrogens is 4. The van der Waals surface area contributed by atoms with E-state index in [1.165, 1.54) is 38.2 Å². The molecule has 0 unspecified atom stereocenters. The lowest BCUT2D eigenvalue weighted by molar-refractivity contribution is 0.504. The highest BCUT2D eigenvalue weighted by Crippen LogP contribution is 2.15. The minimum Gasteiger partial charge on any atom is -0.314 e. The zero-order chi connectivity index (χ0) is 13.9. The van der Waals surface area contributed by atoms with Crippen molar-refractivity contribution in [2.75, 3.05) is 0 Å². The highest BCUT2D eigenvalue weighted by atomic mass is 16.2. The summed E-state index contributed by atoms with van der Waals surface area (Å²) in [5.74, 6) is 0. The Morgan fingerprint density at radius 3 is 1.89 bits per heavy atom. The van der Waals surface area contributed by atoms with Gasteiger partial charge in [-0.25, -0.2) is 14.8 Å². The van der Waals surface area contributed by atoms with Crippen LogP contribution in [-0.4, -0.2) is 19.9 Å². The van der Waals surface area contributed by atoms with Gasteiger partial charge in [0, 0.05) is 24.2 Å². The molecule has 0 atom stereocenters. The molecule has 2 aromatic heterocycles. The highest BCUT2D eigenvalue weighted by Gasteiger charge is 1.95. The molecule has 1 saturated carbocycles. The number of hydrogen-bond donors (Lipinski definition) is 2. The summed E-state index contributed by atoms with van der Waals surface area (Å²) in [6.45, 7) is 1.62. The SMILES string of the molecule is C1CCC1.Cc1c[nH]c(=O)[nH]c1=O.c1cncnc1. The van der Waals surface area contributed by atoms with Gasteiger partial charge in [-0.05, 0) is 13.0 Å². The molecule has 0 aliphatic heterocycles. The van der Waals surface area contributed by atoms with Crippen LogP contribution in [0.15, 0.2) is 40.6 Å². The van der Waals surface area contributed by atoms with Gasteiger partial charge in [-0.1, -0.05) is 25.7 Å². The smallest absolute Gasteiger partial charge is 0.314 e. The Bertz CT molecular complexity index is 528. The van der Waals surface area contributed by atoms with Gasteiger partial charge >= 0.3 is 5.69 Å². The maximum absolute atomic E-state index is 10.6. The summed E-state index contributed by atoms with van der Waals surface area (Å²) < 4.78 is 0. The summed E-state index contributed by atoms with van der Waals surface area (Å²) >= 11 is 0. The van der Waals surface area contributed by atoms with Crippen molar-refractivity contribution in [2.24, 2.45) is 0 Å². The van der Waals surface area contributed by atoms with Gasteiger partial charge in [0.15, 0.2) is 0 Å². The number of aryl methyl sites for hydroxylation is 1. The average Bonchev–Trinajstić information content (AvgIpc) is 2.35. The number of aromatic amines is 2. The lowest BCUT2D eigenvalue weighted by Crippen LogP contribution is -2.22. The van der Waals surface area contributed by atoms with Crippen molar-refractivity contribution in [3.63, 3.8) is 0 Å². The number of nitrogens with zero attached hydrogens (tertiary/aromatic N) is 2. The summed E-state index contributed by atoms with van der Waals surface area (Å²) in [5, 5.41) is 0. The number of hydrogen-bond acceptors (Lipinski definition) is 4. The maximum atomic E-state index is 10.6. The van der Waals surface area contributed by atoms with Crippen molar-refractivity contribution in [3.05, 3.63) is 57.4 Å². The van der Waals surface area contributed by atoms with E-state index in [1.807, 2.05) is 0 Å².